The highest BCUT2D eigenvalue weighted by atomic mass is 35.5. The fraction of sp³-hybridized carbons (Fsp3) is 0.111. The predicted molar refractivity (Wildman–Crippen MR) is 90.5 cm³/mol. The van der Waals surface area contributed by atoms with Crippen molar-refractivity contribution in [2.24, 2.45) is 0 Å². The number of aliphatic hydroxyl groups excluding tert-OH is 1. The Morgan fingerprint density at radius 2 is 1.96 bits per heavy atom. The van der Waals surface area contributed by atoms with Crippen molar-refractivity contribution in [3.05, 3.63) is 77.1 Å². The van der Waals surface area contributed by atoms with Crippen LogP contribution in [0, 0.1) is 0 Å². The van der Waals surface area contributed by atoms with Crippen molar-refractivity contribution in [1.29, 1.82) is 0 Å². The van der Waals surface area contributed by atoms with Crippen LogP contribution in [0.25, 0.3) is 10.8 Å². The van der Waals surface area contributed by atoms with Crippen LogP contribution in [-0.4, -0.2) is 22.5 Å². The van der Waals surface area contributed by atoms with Crippen molar-refractivity contribution in [3.8, 4) is 0 Å². The third-order valence-electron chi connectivity index (χ3n) is 3.63. The zero-order valence-electron chi connectivity index (χ0n) is 12.2. The van der Waals surface area contributed by atoms with Gasteiger partial charge in [-0.25, -0.2) is 0 Å². The van der Waals surface area contributed by atoms with E-state index < -0.39 is 6.10 Å². The number of carbonyl (C=O) groups excluding carboxylic acids is 1. The summed E-state index contributed by atoms with van der Waals surface area (Å²) < 4.78 is 0. The Bertz CT molecular complexity index is 851. The second-order valence-electron chi connectivity index (χ2n) is 5.19. The van der Waals surface area contributed by atoms with Crippen LogP contribution in [0.2, 0.25) is 5.02 Å². The summed E-state index contributed by atoms with van der Waals surface area (Å²) in [6, 6.07) is 15.2. The molecule has 23 heavy (non-hydrogen) atoms. The van der Waals surface area contributed by atoms with Gasteiger partial charge < -0.3 is 10.4 Å². The van der Waals surface area contributed by atoms with E-state index in [9.17, 15) is 9.90 Å². The first kappa shape index (κ1) is 15.5. The maximum atomic E-state index is 12.1. The third-order valence-corrected chi connectivity index (χ3v) is 3.93. The topological polar surface area (TPSA) is 62.2 Å². The van der Waals surface area contributed by atoms with E-state index in [0.717, 1.165) is 16.3 Å². The van der Waals surface area contributed by atoms with Crippen LogP contribution in [0.15, 0.2) is 60.9 Å². The summed E-state index contributed by atoms with van der Waals surface area (Å²) >= 11 is 5.93. The molecule has 116 valence electrons. The van der Waals surface area contributed by atoms with Gasteiger partial charge in [0.05, 0.1) is 16.7 Å². The van der Waals surface area contributed by atoms with Crippen molar-refractivity contribution in [2.45, 2.75) is 6.10 Å². The van der Waals surface area contributed by atoms with Gasteiger partial charge in [-0.2, -0.15) is 0 Å². The molecule has 3 rings (SSSR count). The first-order valence-corrected chi connectivity index (χ1v) is 7.57. The highest BCUT2D eigenvalue weighted by Gasteiger charge is 2.13. The summed E-state index contributed by atoms with van der Waals surface area (Å²) in [7, 11) is 0. The molecule has 0 aliphatic heterocycles. The van der Waals surface area contributed by atoms with Gasteiger partial charge in [0.25, 0.3) is 5.91 Å². The van der Waals surface area contributed by atoms with E-state index >= 15 is 0 Å². The Morgan fingerprint density at radius 3 is 2.74 bits per heavy atom. The molecule has 0 aliphatic rings. The number of aliphatic hydroxyl groups is 1. The van der Waals surface area contributed by atoms with Gasteiger partial charge >= 0.3 is 0 Å². The normalized spacial score (nSPS) is 12.1. The predicted octanol–water partition coefficient (Wildman–Crippen LogP) is 3.35. The second-order valence-corrected chi connectivity index (χ2v) is 5.60. The number of nitrogens with zero attached hydrogens (tertiary/aromatic N) is 1. The van der Waals surface area contributed by atoms with Crippen molar-refractivity contribution in [3.63, 3.8) is 0 Å². The summed E-state index contributed by atoms with van der Waals surface area (Å²) in [5.74, 6) is -0.336. The number of carbonyl (C=O) groups is 1. The molecule has 1 amide bonds. The Morgan fingerprint density at radius 1 is 1.17 bits per heavy atom. The lowest BCUT2D eigenvalue weighted by Crippen LogP contribution is -2.28. The van der Waals surface area contributed by atoms with Crippen LogP contribution in [0.4, 0.5) is 0 Å². The molecule has 2 aromatic carbocycles. The molecule has 3 aromatic rings. The van der Waals surface area contributed by atoms with Crippen molar-refractivity contribution >= 4 is 28.3 Å². The largest absolute Gasteiger partial charge is 0.387 e. The molecule has 2 N–H and O–H groups in total. The SMILES string of the molecule is O=C(NCC(O)c1ccc2ccccc2c1)c1ccncc1Cl. The van der Waals surface area contributed by atoms with Gasteiger partial charge in [-0.15, -0.1) is 0 Å². The standard InChI is InChI=1S/C18H15ClN2O2/c19-16-10-20-8-7-15(16)18(23)21-11-17(22)14-6-5-12-3-1-2-4-13(12)9-14/h1-10,17,22H,11H2,(H,21,23). The Labute approximate surface area is 138 Å². The van der Waals surface area contributed by atoms with E-state index in [4.69, 9.17) is 11.6 Å². The lowest BCUT2D eigenvalue weighted by Gasteiger charge is -2.13. The number of hydrogen-bond donors (Lipinski definition) is 2. The van der Waals surface area contributed by atoms with Gasteiger partial charge in [0, 0.05) is 18.9 Å². The molecule has 0 spiro atoms. The summed E-state index contributed by atoms with van der Waals surface area (Å²) in [5, 5.41) is 15.4. The molecule has 0 aliphatic carbocycles. The van der Waals surface area contributed by atoms with E-state index in [-0.39, 0.29) is 17.5 Å². The number of nitrogens with one attached hydrogen (secondary N) is 1. The minimum absolute atomic E-state index is 0.107. The van der Waals surface area contributed by atoms with Crippen LogP contribution >= 0.6 is 11.6 Å². The minimum Gasteiger partial charge on any atom is -0.387 e. The molecule has 0 saturated heterocycles. The van der Waals surface area contributed by atoms with E-state index in [2.05, 4.69) is 10.3 Å². The third kappa shape index (κ3) is 3.50. The summed E-state index contributed by atoms with van der Waals surface area (Å²) in [6.45, 7) is 0.107. The Hall–Kier alpha value is -2.43. The van der Waals surface area contributed by atoms with Crippen LogP contribution in [0.5, 0.6) is 0 Å². The molecule has 1 unspecified atom stereocenters. The van der Waals surface area contributed by atoms with Crippen LogP contribution in [0.3, 0.4) is 0 Å². The highest BCUT2D eigenvalue weighted by molar-refractivity contribution is 6.33. The molecule has 0 saturated carbocycles. The van der Waals surface area contributed by atoms with Crippen LogP contribution in [-0.2, 0) is 0 Å². The number of pyridine rings is 1. The first-order chi connectivity index (χ1) is 11.1. The number of amides is 1. The number of rotatable bonds is 4. The molecule has 1 aromatic heterocycles. The molecule has 1 heterocycles. The Kier molecular flexibility index (Phi) is 4.55. The average Bonchev–Trinajstić information content (AvgIpc) is 2.59. The monoisotopic (exact) mass is 326 g/mol. The maximum Gasteiger partial charge on any atom is 0.253 e. The number of fused-ring (bicyclic) bond motifs is 1. The van der Waals surface area contributed by atoms with Crippen molar-refractivity contribution < 1.29 is 9.90 Å². The van der Waals surface area contributed by atoms with E-state index in [1.54, 1.807) is 6.07 Å². The quantitative estimate of drug-likeness (QED) is 0.773. The number of hydrogen-bond acceptors (Lipinski definition) is 3. The summed E-state index contributed by atoms with van der Waals surface area (Å²) in [5.41, 5.74) is 1.09. The molecule has 5 heteroatoms. The van der Waals surface area contributed by atoms with Gasteiger partial charge in [0.15, 0.2) is 0 Å². The van der Waals surface area contributed by atoms with E-state index in [1.807, 2.05) is 42.5 Å². The lowest BCUT2D eigenvalue weighted by atomic mass is 10.0. The second kappa shape index (κ2) is 6.77. The van der Waals surface area contributed by atoms with Gasteiger partial charge in [0.2, 0.25) is 0 Å². The smallest absolute Gasteiger partial charge is 0.253 e. The van der Waals surface area contributed by atoms with Gasteiger partial charge in [0.1, 0.15) is 0 Å². The minimum atomic E-state index is -0.788. The van der Waals surface area contributed by atoms with E-state index in [1.165, 1.54) is 12.4 Å². The number of aromatic nitrogens is 1. The summed E-state index contributed by atoms with van der Waals surface area (Å²) in [6.07, 6.45) is 2.13. The maximum absolute atomic E-state index is 12.1. The molecule has 0 bridgehead atoms. The average molecular weight is 327 g/mol. The van der Waals surface area contributed by atoms with Crippen LogP contribution in [0.1, 0.15) is 22.0 Å². The fourth-order valence-corrected chi connectivity index (χ4v) is 2.58. The fourth-order valence-electron chi connectivity index (χ4n) is 2.38. The van der Waals surface area contributed by atoms with Crippen LogP contribution < -0.4 is 5.32 Å². The highest BCUT2D eigenvalue weighted by Crippen LogP contribution is 2.20. The lowest BCUT2D eigenvalue weighted by molar-refractivity contribution is 0.0916. The molecule has 1 atom stereocenters. The zero-order chi connectivity index (χ0) is 16.2. The molecule has 4 nitrogen and oxygen atoms in total. The van der Waals surface area contributed by atoms with Gasteiger partial charge in [-0.3, -0.25) is 9.78 Å². The molecule has 0 radical (unpaired) electrons. The van der Waals surface area contributed by atoms with Crippen molar-refractivity contribution in [2.75, 3.05) is 6.54 Å². The number of halogens is 1. The van der Waals surface area contributed by atoms with E-state index in [0.29, 0.717) is 5.56 Å². The molecular weight excluding hydrogens is 312 g/mol. The van der Waals surface area contributed by atoms with Crippen molar-refractivity contribution in [1.82, 2.24) is 10.3 Å². The first-order valence-electron chi connectivity index (χ1n) is 7.19. The molecular formula is C18H15ClN2O2. The zero-order valence-corrected chi connectivity index (χ0v) is 13.0. The number of benzene rings is 2. The van der Waals surface area contributed by atoms with Gasteiger partial charge in [-0.1, -0.05) is 48.0 Å². The Balaban J connectivity index is 1.70. The summed E-state index contributed by atoms with van der Waals surface area (Å²) in [4.78, 5) is 15.9. The van der Waals surface area contributed by atoms with Gasteiger partial charge in [-0.05, 0) is 28.5 Å². The molecule has 0 fully saturated rings.